The zero-order chi connectivity index (χ0) is 18.0. The highest BCUT2D eigenvalue weighted by Crippen LogP contribution is 2.59. The van der Waals surface area contributed by atoms with E-state index in [1.54, 1.807) is 0 Å². The molecule has 0 unspecified atom stereocenters. The molecule has 1 N–H and O–H groups in total. The lowest BCUT2D eigenvalue weighted by Gasteiger charge is -2.26. The first-order valence-corrected chi connectivity index (χ1v) is 8.43. The third-order valence-corrected chi connectivity index (χ3v) is 5.24. The molecule has 1 aromatic rings. The van der Waals surface area contributed by atoms with Gasteiger partial charge in [-0.05, 0) is 42.4 Å². The first kappa shape index (κ1) is 17.8. The molecule has 1 saturated carbocycles. The van der Waals surface area contributed by atoms with Gasteiger partial charge in [0.1, 0.15) is 0 Å². The van der Waals surface area contributed by atoms with Gasteiger partial charge >= 0.3 is 5.97 Å². The van der Waals surface area contributed by atoms with Crippen LogP contribution in [0, 0.1) is 23.0 Å². The Morgan fingerprint density at radius 3 is 2.60 bits per heavy atom. The number of hydrogen-bond acceptors (Lipinski definition) is 3. The van der Waals surface area contributed by atoms with Crippen LogP contribution in [0.4, 0.5) is 8.78 Å². The van der Waals surface area contributed by atoms with Gasteiger partial charge in [0.2, 0.25) is 5.91 Å². The summed E-state index contributed by atoms with van der Waals surface area (Å²) in [5.74, 6) is -3.16. The summed E-state index contributed by atoms with van der Waals surface area (Å²) in [6, 6.07) is 3.48. The molecule has 2 aliphatic rings. The van der Waals surface area contributed by atoms with Crippen molar-refractivity contribution >= 4 is 11.9 Å². The molecule has 25 heavy (non-hydrogen) atoms. The summed E-state index contributed by atoms with van der Waals surface area (Å²) in [7, 11) is 0. The molecule has 0 radical (unpaired) electrons. The van der Waals surface area contributed by atoms with E-state index in [0.717, 1.165) is 31.4 Å². The van der Waals surface area contributed by atoms with Crippen LogP contribution in [0.2, 0.25) is 0 Å². The van der Waals surface area contributed by atoms with Gasteiger partial charge in [0.25, 0.3) is 0 Å². The number of carboxylic acids is 1. The lowest BCUT2D eigenvalue weighted by Crippen LogP contribution is -2.36. The topological polar surface area (TPSA) is 66.8 Å². The Kier molecular flexibility index (Phi) is 5.03. The third kappa shape index (κ3) is 3.98. The predicted octanol–water partition coefficient (Wildman–Crippen LogP) is 2.58. The Hall–Kier alpha value is -2.02. The molecule has 1 amide bonds. The Morgan fingerprint density at radius 1 is 1.24 bits per heavy atom. The maximum atomic E-state index is 13.4. The summed E-state index contributed by atoms with van der Waals surface area (Å²) < 4.78 is 31.8. The lowest BCUT2D eigenvalue weighted by molar-refractivity contribution is -0.139. The number of halogens is 2. The van der Waals surface area contributed by atoms with Crippen LogP contribution in [0.1, 0.15) is 31.2 Å². The average molecular weight is 353 g/mol. The Balaban J connectivity index is 1.71. The van der Waals surface area contributed by atoms with Crippen LogP contribution in [-0.4, -0.2) is 41.6 Å². The van der Waals surface area contributed by atoms with Gasteiger partial charge in [0.05, 0.1) is 6.42 Å². The minimum absolute atomic E-state index is 0.0230. The van der Waals surface area contributed by atoms with E-state index in [4.69, 9.17) is 9.84 Å². The van der Waals surface area contributed by atoms with E-state index < -0.39 is 17.6 Å². The summed E-state index contributed by atoms with van der Waals surface area (Å²) in [5.41, 5.74) is 0.421. The highest BCUT2D eigenvalue weighted by Gasteiger charge is 2.58. The Morgan fingerprint density at radius 2 is 1.96 bits per heavy atom. The fourth-order valence-corrected chi connectivity index (χ4v) is 3.60. The molecule has 7 heteroatoms. The standard InChI is InChI=1S/C18H21F2NO4/c19-14-2-1-12(9-15(14)20)11-21(6-3-16(22)23)17(24)13-10-18(13)4-7-25-8-5-18/h1-2,9,13H,3-8,10-11H2,(H,22,23)/t13-/m1/s1. The molecule has 1 aliphatic carbocycles. The minimum Gasteiger partial charge on any atom is -0.481 e. The summed E-state index contributed by atoms with van der Waals surface area (Å²) in [5, 5.41) is 8.92. The number of carbonyl (C=O) groups excluding carboxylic acids is 1. The first-order valence-electron chi connectivity index (χ1n) is 8.43. The van der Waals surface area contributed by atoms with Crippen molar-refractivity contribution in [3.63, 3.8) is 0 Å². The van der Waals surface area contributed by atoms with Crippen LogP contribution in [-0.2, 0) is 20.9 Å². The molecular formula is C18H21F2NO4. The molecule has 0 bridgehead atoms. The SMILES string of the molecule is O=C(O)CCN(Cc1ccc(F)c(F)c1)C(=O)[C@H]1CC12CCOCC2. The van der Waals surface area contributed by atoms with Crippen molar-refractivity contribution in [2.45, 2.75) is 32.2 Å². The number of carboxylic acid groups (broad SMARTS) is 1. The van der Waals surface area contributed by atoms with Gasteiger partial charge in [-0.1, -0.05) is 6.07 Å². The van der Waals surface area contributed by atoms with E-state index in [2.05, 4.69) is 0 Å². The van der Waals surface area contributed by atoms with Crippen molar-refractivity contribution in [2.75, 3.05) is 19.8 Å². The van der Waals surface area contributed by atoms with E-state index in [1.807, 2.05) is 0 Å². The van der Waals surface area contributed by atoms with Crippen molar-refractivity contribution < 1.29 is 28.2 Å². The van der Waals surface area contributed by atoms with Gasteiger partial charge in [-0.25, -0.2) is 8.78 Å². The summed E-state index contributed by atoms with van der Waals surface area (Å²) in [6.45, 7) is 1.41. The molecule has 1 heterocycles. The molecular weight excluding hydrogens is 332 g/mol. The molecule has 0 aromatic heterocycles. The van der Waals surface area contributed by atoms with Gasteiger partial charge in [-0.2, -0.15) is 0 Å². The van der Waals surface area contributed by atoms with Crippen molar-refractivity contribution in [1.29, 1.82) is 0 Å². The van der Waals surface area contributed by atoms with Crippen LogP contribution in [0.15, 0.2) is 18.2 Å². The van der Waals surface area contributed by atoms with Gasteiger partial charge in [-0.15, -0.1) is 0 Å². The largest absolute Gasteiger partial charge is 0.481 e. The Labute approximate surface area is 144 Å². The highest BCUT2D eigenvalue weighted by molar-refractivity contribution is 5.83. The summed E-state index contributed by atoms with van der Waals surface area (Å²) in [6.07, 6.45) is 2.28. The molecule has 1 aliphatic heterocycles. The second-order valence-corrected chi connectivity index (χ2v) is 6.88. The number of hydrogen-bond donors (Lipinski definition) is 1. The molecule has 1 atom stereocenters. The van der Waals surface area contributed by atoms with Gasteiger partial charge in [0.15, 0.2) is 11.6 Å². The monoisotopic (exact) mass is 353 g/mol. The van der Waals surface area contributed by atoms with E-state index in [-0.39, 0.29) is 36.8 Å². The number of ether oxygens (including phenoxy) is 1. The molecule has 2 fully saturated rings. The molecule has 3 rings (SSSR count). The van der Waals surface area contributed by atoms with Crippen LogP contribution < -0.4 is 0 Å². The fraction of sp³-hybridized carbons (Fsp3) is 0.556. The summed E-state index contributed by atoms with van der Waals surface area (Å²) >= 11 is 0. The molecule has 5 nitrogen and oxygen atoms in total. The molecule has 1 aromatic carbocycles. The zero-order valence-corrected chi connectivity index (χ0v) is 13.8. The van der Waals surface area contributed by atoms with Crippen LogP contribution in [0.25, 0.3) is 0 Å². The minimum atomic E-state index is -1.00. The highest BCUT2D eigenvalue weighted by atomic mass is 19.2. The maximum absolute atomic E-state index is 13.4. The normalized spacial score (nSPS) is 21.1. The quantitative estimate of drug-likeness (QED) is 0.854. The second-order valence-electron chi connectivity index (χ2n) is 6.88. The van der Waals surface area contributed by atoms with Crippen molar-refractivity contribution in [3.05, 3.63) is 35.4 Å². The fourth-order valence-electron chi connectivity index (χ4n) is 3.60. The van der Waals surface area contributed by atoms with Crippen LogP contribution >= 0.6 is 0 Å². The van der Waals surface area contributed by atoms with Gasteiger partial charge in [-0.3, -0.25) is 9.59 Å². The van der Waals surface area contributed by atoms with E-state index in [9.17, 15) is 18.4 Å². The number of nitrogens with zero attached hydrogens (tertiary/aromatic N) is 1. The second kappa shape index (κ2) is 7.07. The molecule has 1 saturated heterocycles. The third-order valence-electron chi connectivity index (χ3n) is 5.24. The number of benzene rings is 1. The van der Waals surface area contributed by atoms with Crippen LogP contribution in [0.3, 0.4) is 0 Å². The molecule has 136 valence electrons. The summed E-state index contributed by atoms with van der Waals surface area (Å²) in [4.78, 5) is 25.2. The zero-order valence-electron chi connectivity index (χ0n) is 13.8. The van der Waals surface area contributed by atoms with E-state index in [0.29, 0.717) is 18.8 Å². The number of carbonyl (C=O) groups is 2. The predicted molar refractivity (Wildman–Crippen MR) is 84.6 cm³/mol. The van der Waals surface area contributed by atoms with Crippen molar-refractivity contribution in [1.82, 2.24) is 4.90 Å². The smallest absolute Gasteiger partial charge is 0.305 e. The first-order chi connectivity index (χ1) is 11.9. The average Bonchev–Trinajstić information content (AvgIpc) is 3.27. The van der Waals surface area contributed by atoms with E-state index >= 15 is 0 Å². The van der Waals surface area contributed by atoms with Gasteiger partial charge < -0.3 is 14.7 Å². The Bertz CT molecular complexity index is 673. The van der Waals surface area contributed by atoms with Crippen LogP contribution in [0.5, 0.6) is 0 Å². The van der Waals surface area contributed by atoms with Gasteiger partial charge in [0, 0.05) is 32.2 Å². The number of aliphatic carboxylic acids is 1. The van der Waals surface area contributed by atoms with Crippen molar-refractivity contribution in [2.24, 2.45) is 11.3 Å². The number of rotatable bonds is 6. The maximum Gasteiger partial charge on any atom is 0.305 e. The molecule has 1 spiro atoms. The number of amides is 1. The lowest BCUT2D eigenvalue weighted by atomic mass is 9.93. The van der Waals surface area contributed by atoms with Crippen molar-refractivity contribution in [3.8, 4) is 0 Å². The van der Waals surface area contributed by atoms with E-state index in [1.165, 1.54) is 11.0 Å².